The molecule has 15 heavy (non-hydrogen) atoms. The minimum atomic E-state index is 0.361. The molecule has 2 aromatic rings. The lowest BCUT2D eigenvalue weighted by Gasteiger charge is -2.09. The van der Waals surface area contributed by atoms with Gasteiger partial charge in [-0.25, -0.2) is 0 Å². The highest BCUT2D eigenvalue weighted by molar-refractivity contribution is 7.26. The number of fused-ring (bicyclic) bond motifs is 1. The van der Waals surface area contributed by atoms with E-state index in [1.165, 1.54) is 19.9 Å². The summed E-state index contributed by atoms with van der Waals surface area (Å²) < 4.78 is 2.80. The maximum atomic E-state index is 3.34. The van der Waals surface area contributed by atoms with Crippen molar-refractivity contribution in [2.24, 2.45) is 0 Å². The second-order valence-electron chi connectivity index (χ2n) is 3.81. The van der Waals surface area contributed by atoms with Crippen LogP contribution in [-0.2, 0) is 0 Å². The third-order valence-corrected chi connectivity index (χ3v) is 4.45. The maximum absolute atomic E-state index is 3.34. The number of hydrogen-bond donors (Lipinski definition) is 1. The molecule has 0 radical (unpaired) electrons. The van der Waals surface area contributed by atoms with Crippen molar-refractivity contribution in [3.05, 3.63) is 34.0 Å². The van der Waals surface area contributed by atoms with Crippen molar-refractivity contribution in [1.29, 1.82) is 0 Å². The fourth-order valence-electron chi connectivity index (χ4n) is 1.58. The van der Waals surface area contributed by atoms with E-state index in [0.717, 1.165) is 0 Å². The van der Waals surface area contributed by atoms with Crippen LogP contribution in [0.4, 0.5) is 0 Å². The lowest BCUT2D eigenvalue weighted by molar-refractivity contribution is 0.723. The number of hydrogen-bond acceptors (Lipinski definition) is 3. The summed E-state index contributed by atoms with van der Waals surface area (Å²) in [5, 5.41) is 5.49. The molecular weight excluding hydrogens is 222 g/mol. The molecule has 1 nitrogen and oxygen atoms in total. The van der Waals surface area contributed by atoms with E-state index in [-0.39, 0.29) is 0 Å². The van der Waals surface area contributed by atoms with Crippen molar-refractivity contribution in [2.45, 2.75) is 19.9 Å². The zero-order chi connectivity index (χ0) is 10.8. The van der Waals surface area contributed by atoms with Crippen LogP contribution in [0, 0.1) is 0 Å². The predicted octanol–water partition coefficient (Wildman–Crippen LogP) is 4.19. The van der Waals surface area contributed by atoms with E-state index in [1.54, 1.807) is 0 Å². The standard InChI is InChI=1S/C12H15NS2/c1-8(2)6-9(13-3)11-7-12-10(15-11)4-5-14-12/h4-7,9,13H,1-3H3. The van der Waals surface area contributed by atoms with Crippen LogP contribution in [0.15, 0.2) is 29.2 Å². The molecule has 0 aliphatic heterocycles. The Bertz CT molecular complexity index is 446. The Balaban J connectivity index is 2.36. The quantitative estimate of drug-likeness (QED) is 0.789. The summed E-state index contributed by atoms with van der Waals surface area (Å²) in [7, 11) is 2.01. The molecule has 1 unspecified atom stereocenters. The second-order valence-corrected chi connectivity index (χ2v) is 5.87. The van der Waals surface area contributed by atoms with Gasteiger partial charge in [0.1, 0.15) is 0 Å². The molecule has 0 spiro atoms. The van der Waals surface area contributed by atoms with E-state index in [1.807, 2.05) is 29.7 Å². The largest absolute Gasteiger partial charge is 0.309 e. The molecule has 0 bridgehead atoms. The molecule has 1 atom stereocenters. The fraction of sp³-hybridized carbons (Fsp3) is 0.333. The maximum Gasteiger partial charge on any atom is 0.0601 e. The molecule has 0 amide bonds. The number of rotatable bonds is 3. The van der Waals surface area contributed by atoms with Gasteiger partial charge in [0.05, 0.1) is 6.04 Å². The molecule has 3 heteroatoms. The molecule has 0 aliphatic carbocycles. The normalized spacial score (nSPS) is 13.0. The number of nitrogens with one attached hydrogen (secondary N) is 1. The van der Waals surface area contributed by atoms with E-state index >= 15 is 0 Å². The first-order valence-corrected chi connectivity index (χ1v) is 6.69. The summed E-state index contributed by atoms with van der Waals surface area (Å²) in [6.45, 7) is 4.28. The van der Waals surface area contributed by atoms with Gasteiger partial charge in [-0.1, -0.05) is 11.6 Å². The summed E-state index contributed by atoms with van der Waals surface area (Å²) in [4.78, 5) is 1.40. The molecule has 0 aliphatic rings. The molecule has 1 N–H and O–H groups in total. The molecule has 2 rings (SSSR count). The Morgan fingerprint density at radius 1 is 1.40 bits per heavy atom. The number of thiophene rings is 2. The summed E-state index contributed by atoms with van der Waals surface area (Å²) >= 11 is 3.70. The van der Waals surface area contributed by atoms with Gasteiger partial charge in [-0.15, -0.1) is 22.7 Å². The van der Waals surface area contributed by atoms with Crippen LogP contribution >= 0.6 is 22.7 Å². The van der Waals surface area contributed by atoms with Gasteiger partial charge in [-0.2, -0.15) is 0 Å². The number of likely N-dealkylation sites (N-methyl/N-ethyl adjacent to an activating group) is 1. The van der Waals surface area contributed by atoms with Crippen molar-refractivity contribution in [3.8, 4) is 0 Å². The molecule has 0 saturated carbocycles. The third-order valence-electron chi connectivity index (χ3n) is 2.28. The number of allylic oxidation sites excluding steroid dienone is 1. The Morgan fingerprint density at radius 2 is 2.20 bits per heavy atom. The zero-order valence-electron chi connectivity index (χ0n) is 9.20. The van der Waals surface area contributed by atoms with Crippen LogP contribution < -0.4 is 5.32 Å². The van der Waals surface area contributed by atoms with Crippen molar-refractivity contribution in [2.75, 3.05) is 7.05 Å². The highest BCUT2D eigenvalue weighted by atomic mass is 32.1. The lowest BCUT2D eigenvalue weighted by Crippen LogP contribution is -2.12. The molecular formula is C12H15NS2. The fourth-order valence-corrected chi connectivity index (χ4v) is 3.78. The summed E-state index contributed by atoms with van der Waals surface area (Å²) in [6.07, 6.45) is 2.27. The zero-order valence-corrected chi connectivity index (χ0v) is 10.8. The molecule has 0 saturated heterocycles. The lowest BCUT2D eigenvalue weighted by atomic mass is 10.2. The van der Waals surface area contributed by atoms with Crippen molar-refractivity contribution in [3.63, 3.8) is 0 Å². The predicted molar refractivity (Wildman–Crippen MR) is 70.9 cm³/mol. The van der Waals surface area contributed by atoms with Crippen LogP contribution in [0.5, 0.6) is 0 Å². The first-order valence-electron chi connectivity index (χ1n) is 5.00. The average Bonchev–Trinajstić information content (AvgIpc) is 2.72. The second kappa shape index (κ2) is 4.47. The van der Waals surface area contributed by atoms with Crippen LogP contribution in [0.3, 0.4) is 0 Å². The molecule has 80 valence electrons. The van der Waals surface area contributed by atoms with Gasteiger partial charge < -0.3 is 5.32 Å². The van der Waals surface area contributed by atoms with E-state index in [0.29, 0.717) is 6.04 Å². The molecule has 0 aromatic carbocycles. The Hall–Kier alpha value is -0.640. The first kappa shape index (κ1) is 10.9. The highest BCUT2D eigenvalue weighted by Crippen LogP contribution is 2.33. The minimum Gasteiger partial charge on any atom is -0.309 e. The molecule has 2 aromatic heterocycles. The molecule has 2 heterocycles. The van der Waals surface area contributed by atoms with Gasteiger partial charge >= 0.3 is 0 Å². The van der Waals surface area contributed by atoms with Crippen LogP contribution in [0.25, 0.3) is 9.40 Å². The SMILES string of the molecule is CNC(C=C(C)C)c1cc2sccc2s1. The van der Waals surface area contributed by atoms with Crippen LogP contribution in [0.1, 0.15) is 24.8 Å². The Labute approximate surface area is 98.4 Å². The monoisotopic (exact) mass is 237 g/mol. The summed E-state index contributed by atoms with van der Waals surface area (Å²) in [6, 6.07) is 4.86. The first-order chi connectivity index (χ1) is 7.20. The Kier molecular flexibility index (Phi) is 3.24. The topological polar surface area (TPSA) is 12.0 Å². The third kappa shape index (κ3) is 2.30. The summed E-state index contributed by atoms with van der Waals surface area (Å²) in [5.74, 6) is 0. The van der Waals surface area contributed by atoms with E-state index in [4.69, 9.17) is 0 Å². The van der Waals surface area contributed by atoms with Crippen LogP contribution in [-0.4, -0.2) is 7.05 Å². The average molecular weight is 237 g/mol. The van der Waals surface area contributed by atoms with Gasteiger partial charge in [-0.3, -0.25) is 0 Å². The Morgan fingerprint density at radius 3 is 2.80 bits per heavy atom. The smallest absolute Gasteiger partial charge is 0.0601 e. The van der Waals surface area contributed by atoms with Gasteiger partial charge in [0, 0.05) is 14.3 Å². The highest BCUT2D eigenvalue weighted by Gasteiger charge is 2.10. The van der Waals surface area contributed by atoms with Crippen molar-refractivity contribution >= 4 is 32.1 Å². The van der Waals surface area contributed by atoms with E-state index < -0.39 is 0 Å². The van der Waals surface area contributed by atoms with E-state index in [9.17, 15) is 0 Å². The van der Waals surface area contributed by atoms with Gasteiger partial charge in [0.25, 0.3) is 0 Å². The molecule has 0 fully saturated rings. The van der Waals surface area contributed by atoms with Gasteiger partial charge in [0.2, 0.25) is 0 Å². The minimum absolute atomic E-state index is 0.361. The summed E-state index contributed by atoms with van der Waals surface area (Å²) in [5.41, 5.74) is 1.35. The van der Waals surface area contributed by atoms with Gasteiger partial charge in [0.15, 0.2) is 0 Å². The van der Waals surface area contributed by atoms with Crippen molar-refractivity contribution < 1.29 is 0 Å². The van der Waals surface area contributed by atoms with Crippen molar-refractivity contribution in [1.82, 2.24) is 5.32 Å². The van der Waals surface area contributed by atoms with Gasteiger partial charge in [-0.05, 0) is 38.4 Å². The van der Waals surface area contributed by atoms with Crippen LogP contribution in [0.2, 0.25) is 0 Å². The van der Waals surface area contributed by atoms with E-state index in [2.05, 4.69) is 42.8 Å².